The van der Waals surface area contributed by atoms with Crippen molar-refractivity contribution < 1.29 is 18.1 Å². The Bertz CT molecular complexity index is 750. The van der Waals surface area contributed by atoms with Gasteiger partial charge in [0.15, 0.2) is 9.84 Å². The van der Waals surface area contributed by atoms with Crippen LogP contribution in [0.3, 0.4) is 0 Å². The summed E-state index contributed by atoms with van der Waals surface area (Å²) < 4.78 is 23.3. The molecule has 1 heterocycles. The van der Waals surface area contributed by atoms with Crippen molar-refractivity contribution in [3.63, 3.8) is 0 Å². The van der Waals surface area contributed by atoms with E-state index in [9.17, 15) is 23.3 Å². The van der Waals surface area contributed by atoms with Crippen LogP contribution in [0.2, 0.25) is 5.02 Å². The number of benzene rings is 1. The molecular weight excluding hydrogens is 346 g/mol. The third-order valence-corrected chi connectivity index (χ3v) is 5.65. The zero-order valence-electron chi connectivity index (χ0n) is 12.6. The summed E-state index contributed by atoms with van der Waals surface area (Å²) >= 11 is 5.99. The molecule has 126 valence electrons. The summed E-state index contributed by atoms with van der Waals surface area (Å²) in [5.41, 5.74) is -0.123. The third-order valence-electron chi connectivity index (χ3n) is 3.59. The highest BCUT2D eigenvalue weighted by molar-refractivity contribution is 7.91. The molecule has 10 heteroatoms. The molecule has 0 aliphatic carbocycles. The number of hydrazine groups is 1. The molecule has 0 spiro atoms. The van der Waals surface area contributed by atoms with E-state index >= 15 is 0 Å². The Morgan fingerprint density at radius 3 is 2.48 bits per heavy atom. The van der Waals surface area contributed by atoms with E-state index in [1.165, 1.54) is 22.2 Å². The van der Waals surface area contributed by atoms with Crippen LogP contribution in [0.25, 0.3) is 0 Å². The molecule has 0 saturated carbocycles. The predicted molar refractivity (Wildman–Crippen MR) is 85.0 cm³/mol. The van der Waals surface area contributed by atoms with Crippen molar-refractivity contribution in [2.45, 2.75) is 12.5 Å². The van der Waals surface area contributed by atoms with E-state index in [1.807, 2.05) is 0 Å². The second-order valence-corrected chi connectivity index (χ2v) is 8.11. The summed E-state index contributed by atoms with van der Waals surface area (Å²) in [7, 11) is 0.0936. The van der Waals surface area contributed by atoms with Gasteiger partial charge < -0.3 is 0 Å². The molecule has 1 aliphatic rings. The summed E-state index contributed by atoms with van der Waals surface area (Å²) in [6.07, 6.45) is 0.344. The lowest BCUT2D eigenvalue weighted by Crippen LogP contribution is -2.49. The Hall–Kier alpha value is -1.71. The summed E-state index contributed by atoms with van der Waals surface area (Å²) in [6, 6.07) is 3.10. The SMILES string of the molecule is CN(C)N(C(=O)c1ccc([N+](=O)[O-])cc1Cl)[C@@H]1CCS(=O)(=O)C1. The van der Waals surface area contributed by atoms with Gasteiger partial charge in [-0.2, -0.15) is 0 Å². The van der Waals surface area contributed by atoms with E-state index in [4.69, 9.17) is 11.6 Å². The highest BCUT2D eigenvalue weighted by Gasteiger charge is 2.37. The number of non-ortho nitro benzene ring substituents is 1. The molecule has 0 aromatic heterocycles. The topological polar surface area (TPSA) is 101 Å². The third kappa shape index (κ3) is 3.80. The minimum absolute atomic E-state index is 0.0310. The average molecular weight is 362 g/mol. The summed E-state index contributed by atoms with van der Waals surface area (Å²) in [6.45, 7) is 0. The summed E-state index contributed by atoms with van der Waals surface area (Å²) in [5, 5.41) is 13.5. The maximum atomic E-state index is 12.7. The van der Waals surface area contributed by atoms with Crippen LogP contribution in [0.1, 0.15) is 16.8 Å². The number of carbonyl (C=O) groups excluding carboxylic acids is 1. The van der Waals surface area contributed by atoms with Crippen LogP contribution in [-0.2, 0) is 9.84 Å². The minimum Gasteiger partial charge on any atom is -0.268 e. The van der Waals surface area contributed by atoms with Gasteiger partial charge in [0, 0.05) is 26.2 Å². The van der Waals surface area contributed by atoms with E-state index in [1.54, 1.807) is 14.1 Å². The Morgan fingerprint density at radius 1 is 1.39 bits per heavy atom. The van der Waals surface area contributed by atoms with Gasteiger partial charge in [-0.1, -0.05) is 11.6 Å². The number of amides is 1. The fourth-order valence-electron chi connectivity index (χ4n) is 2.56. The number of halogens is 1. The minimum atomic E-state index is -3.16. The van der Waals surface area contributed by atoms with Gasteiger partial charge in [-0.3, -0.25) is 19.9 Å². The fourth-order valence-corrected chi connectivity index (χ4v) is 4.50. The molecule has 1 atom stereocenters. The van der Waals surface area contributed by atoms with Crippen LogP contribution in [0, 0.1) is 10.1 Å². The Kier molecular flexibility index (Phi) is 4.92. The van der Waals surface area contributed by atoms with Crippen LogP contribution < -0.4 is 0 Å². The lowest BCUT2D eigenvalue weighted by Gasteiger charge is -2.34. The van der Waals surface area contributed by atoms with Gasteiger partial charge in [-0.05, 0) is 12.5 Å². The van der Waals surface area contributed by atoms with E-state index < -0.39 is 26.7 Å². The average Bonchev–Trinajstić information content (AvgIpc) is 2.78. The number of rotatable bonds is 4. The Morgan fingerprint density at radius 2 is 2.04 bits per heavy atom. The van der Waals surface area contributed by atoms with Crippen molar-refractivity contribution in [3.05, 3.63) is 38.9 Å². The molecule has 1 aromatic rings. The summed E-state index contributed by atoms with van der Waals surface area (Å²) in [5.74, 6) is -0.567. The number of nitro benzene ring substituents is 1. The molecule has 8 nitrogen and oxygen atoms in total. The van der Waals surface area contributed by atoms with Gasteiger partial charge in [0.1, 0.15) is 0 Å². The molecule has 1 fully saturated rings. The Balaban J connectivity index is 2.34. The van der Waals surface area contributed by atoms with Crippen molar-refractivity contribution in [3.8, 4) is 0 Å². The molecule has 1 saturated heterocycles. The lowest BCUT2D eigenvalue weighted by molar-refractivity contribution is -0.384. The smallest absolute Gasteiger partial charge is 0.268 e. The molecule has 23 heavy (non-hydrogen) atoms. The number of hydrogen-bond donors (Lipinski definition) is 0. The zero-order valence-corrected chi connectivity index (χ0v) is 14.2. The first kappa shape index (κ1) is 17.6. The first-order valence-corrected chi connectivity index (χ1v) is 8.97. The molecule has 1 aromatic carbocycles. The molecule has 0 radical (unpaired) electrons. The van der Waals surface area contributed by atoms with Crippen LogP contribution >= 0.6 is 11.6 Å². The van der Waals surface area contributed by atoms with Gasteiger partial charge >= 0.3 is 0 Å². The van der Waals surface area contributed by atoms with Crippen molar-refractivity contribution >= 4 is 33.0 Å². The van der Waals surface area contributed by atoms with Gasteiger partial charge in [0.2, 0.25) is 0 Å². The molecule has 0 bridgehead atoms. The standard InChI is InChI=1S/C13H16ClN3O5S/c1-15(2)16(10-5-6-23(21,22)8-10)13(18)11-4-3-9(17(19)20)7-12(11)14/h3-4,7,10H,5-6,8H2,1-2H3/t10-/m1/s1. The van der Waals surface area contributed by atoms with Crippen molar-refractivity contribution in [1.29, 1.82) is 0 Å². The Labute approximate surface area is 138 Å². The van der Waals surface area contributed by atoms with E-state index in [0.29, 0.717) is 6.42 Å². The maximum Gasteiger partial charge on any atom is 0.270 e. The van der Waals surface area contributed by atoms with Gasteiger partial charge in [0.25, 0.3) is 11.6 Å². The second-order valence-electron chi connectivity index (χ2n) is 5.48. The largest absolute Gasteiger partial charge is 0.270 e. The van der Waals surface area contributed by atoms with Gasteiger partial charge in [0.05, 0.1) is 33.1 Å². The van der Waals surface area contributed by atoms with Crippen LogP contribution in [0.4, 0.5) is 5.69 Å². The van der Waals surface area contributed by atoms with E-state index in [-0.39, 0.29) is 27.8 Å². The molecule has 1 amide bonds. The number of sulfone groups is 1. The van der Waals surface area contributed by atoms with E-state index in [2.05, 4.69) is 0 Å². The monoisotopic (exact) mass is 361 g/mol. The van der Waals surface area contributed by atoms with Gasteiger partial charge in [-0.15, -0.1) is 0 Å². The molecule has 0 unspecified atom stereocenters. The van der Waals surface area contributed by atoms with Crippen LogP contribution in [-0.4, -0.2) is 60.9 Å². The predicted octanol–water partition coefficient (Wildman–Crippen LogP) is 1.35. The second kappa shape index (κ2) is 6.42. The van der Waals surface area contributed by atoms with Crippen LogP contribution in [0.5, 0.6) is 0 Å². The van der Waals surface area contributed by atoms with E-state index in [0.717, 1.165) is 6.07 Å². The normalized spacial score (nSPS) is 19.7. The molecular formula is C13H16ClN3O5S. The first-order valence-electron chi connectivity index (χ1n) is 6.77. The highest BCUT2D eigenvalue weighted by atomic mass is 35.5. The maximum absolute atomic E-state index is 12.7. The number of carbonyl (C=O) groups is 1. The number of hydrogen-bond acceptors (Lipinski definition) is 6. The molecule has 2 rings (SSSR count). The molecule has 1 aliphatic heterocycles. The fraction of sp³-hybridized carbons (Fsp3) is 0.462. The van der Waals surface area contributed by atoms with Crippen molar-refractivity contribution in [2.24, 2.45) is 0 Å². The van der Waals surface area contributed by atoms with Gasteiger partial charge in [-0.25, -0.2) is 13.4 Å². The zero-order chi connectivity index (χ0) is 17.4. The molecule has 0 N–H and O–H groups in total. The van der Waals surface area contributed by atoms with Crippen molar-refractivity contribution in [2.75, 3.05) is 25.6 Å². The highest BCUT2D eigenvalue weighted by Crippen LogP contribution is 2.26. The number of nitrogens with zero attached hydrogens (tertiary/aromatic N) is 3. The number of nitro groups is 1. The quantitative estimate of drug-likeness (QED) is 0.592. The lowest BCUT2D eigenvalue weighted by atomic mass is 10.1. The van der Waals surface area contributed by atoms with Crippen molar-refractivity contribution in [1.82, 2.24) is 10.0 Å². The van der Waals surface area contributed by atoms with Crippen LogP contribution in [0.15, 0.2) is 18.2 Å². The summed E-state index contributed by atoms with van der Waals surface area (Å²) in [4.78, 5) is 22.9. The first-order chi connectivity index (χ1) is 10.6.